The predicted molar refractivity (Wildman–Crippen MR) is 58.8 cm³/mol. The first-order valence-corrected chi connectivity index (χ1v) is 5.91. The van der Waals surface area contributed by atoms with Crippen LogP contribution < -0.4 is 0 Å². The Balaban J connectivity index is 2.43. The molecule has 0 spiro atoms. The number of benzene rings is 1. The van der Waals surface area contributed by atoms with Crippen LogP contribution >= 0.6 is 15.9 Å². The molecule has 0 bridgehead atoms. The van der Waals surface area contributed by atoms with Gasteiger partial charge in [-0.25, -0.2) is 0 Å². The maximum atomic E-state index is 12.5. The van der Waals surface area contributed by atoms with Crippen molar-refractivity contribution < 1.29 is 23.0 Å². The fourth-order valence-corrected chi connectivity index (χ4v) is 2.23. The van der Waals surface area contributed by atoms with E-state index in [9.17, 15) is 18.3 Å². The molecule has 0 radical (unpaired) electrons. The summed E-state index contributed by atoms with van der Waals surface area (Å²) in [5, 5.41) is 9.90. The third kappa shape index (κ3) is 2.64. The predicted octanol–water partition coefficient (Wildman–Crippen LogP) is 3.03. The van der Waals surface area contributed by atoms with Crippen LogP contribution in [0.2, 0.25) is 0 Å². The topological polar surface area (TPSA) is 29.5 Å². The van der Waals surface area contributed by atoms with Gasteiger partial charge in [-0.3, -0.25) is 0 Å². The van der Waals surface area contributed by atoms with Crippen LogP contribution in [0.25, 0.3) is 0 Å². The average Bonchev–Trinajstić information content (AvgIpc) is 2.38. The van der Waals surface area contributed by atoms with E-state index >= 15 is 0 Å². The van der Waals surface area contributed by atoms with Crippen LogP contribution in [0.3, 0.4) is 0 Å². The molecule has 0 fully saturated rings. The summed E-state index contributed by atoms with van der Waals surface area (Å²) in [6, 6.07) is 3.32. The highest BCUT2D eigenvalue weighted by atomic mass is 79.9. The molecule has 0 saturated heterocycles. The minimum absolute atomic E-state index is 0.0818. The molecule has 0 unspecified atom stereocenters. The van der Waals surface area contributed by atoms with Crippen LogP contribution in [-0.4, -0.2) is 16.5 Å². The third-order valence-corrected chi connectivity index (χ3v) is 3.43. The molecular formula is C11H10BrF3O2. The highest BCUT2D eigenvalue weighted by Gasteiger charge is 2.32. The Morgan fingerprint density at radius 1 is 1.35 bits per heavy atom. The van der Waals surface area contributed by atoms with Crippen molar-refractivity contribution in [1.82, 2.24) is 0 Å². The molecule has 94 valence electrons. The van der Waals surface area contributed by atoms with E-state index in [-0.39, 0.29) is 18.0 Å². The standard InChI is InChI=1S/C11H10BrF3O2/c12-9-5-17-4-6-3-7(11(13,14)15)1-2-8(6)10(9)16/h1-3,9-10,16H,4-5H2/t9-,10-/m1/s1. The zero-order valence-electron chi connectivity index (χ0n) is 8.67. The minimum Gasteiger partial charge on any atom is -0.387 e. The molecule has 1 aromatic rings. The Bertz CT molecular complexity index is 420. The van der Waals surface area contributed by atoms with Gasteiger partial charge in [0.25, 0.3) is 0 Å². The highest BCUT2D eigenvalue weighted by molar-refractivity contribution is 9.09. The molecule has 1 aliphatic heterocycles. The number of alkyl halides is 4. The number of hydrogen-bond donors (Lipinski definition) is 1. The second kappa shape index (κ2) is 4.59. The van der Waals surface area contributed by atoms with Gasteiger partial charge >= 0.3 is 6.18 Å². The van der Waals surface area contributed by atoms with Crippen molar-refractivity contribution in [1.29, 1.82) is 0 Å². The summed E-state index contributed by atoms with van der Waals surface area (Å²) in [6.07, 6.45) is -5.23. The lowest BCUT2D eigenvalue weighted by molar-refractivity contribution is -0.137. The summed E-state index contributed by atoms with van der Waals surface area (Å²) in [5.74, 6) is 0. The van der Waals surface area contributed by atoms with Gasteiger partial charge < -0.3 is 9.84 Å². The van der Waals surface area contributed by atoms with Crippen LogP contribution in [0.15, 0.2) is 18.2 Å². The molecule has 1 heterocycles. The maximum Gasteiger partial charge on any atom is 0.416 e. The zero-order valence-corrected chi connectivity index (χ0v) is 10.3. The van der Waals surface area contributed by atoms with Crippen molar-refractivity contribution in [2.24, 2.45) is 0 Å². The summed E-state index contributed by atoms with van der Waals surface area (Å²) in [6.45, 7) is 0.343. The van der Waals surface area contributed by atoms with E-state index in [0.29, 0.717) is 11.1 Å². The van der Waals surface area contributed by atoms with Crippen molar-refractivity contribution in [2.45, 2.75) is 23.7 Å². The largest absolute Gasteiger partial charge is 0.416 e. The first-order valence-electron chi connectivity index (χ1n) is 4.99. The van der Waals surface area contributed by atoms with Crippen LogP contribution in [-0.2, 0) is 17.5 Å². The van der Waals surface area contributed by atoms with E-state index in [4.69, 9.17) is 4.74 Å². The van der Waals surface area contributed by atoms with Gasteiger partial charge in [0.2, 0.25) is 0 Å². The van der Waals surface area contributed by atoms with Crippen molar-refractivity contribution in [2.75, 3.05) is 6.61 Å². The van der Waals surface area contributed by atoms with Crippen molar-refractivity contribution in [3.63, 3.8) is 0 Å². The third-order valence-electron chi connectivity index (χ3n) is 2.67. The summed E-state index contributed by atoms with van der Waals surface area (Å²) < 4.78 is 42.8. The summed E-state index contributed by atoms with van der Waals surface area (Å²) >= 11 is 3.23. The quantitative estimate of drug-likeness (QED) is 0.746. The average molecular weight is 311 g/mol. The second-order valence-electron chi connectivity index (χ2n) is 3.89. The SMILES string of the molecule is O[C@@H]1c2ccc(C(F)(F)F)cc2COC[C@H]1Br. The van der Waals surface area contributed by atoms with E-state index in [1.54, 1.807) is 0 Å². The van der Waals surface area contributed by atoms with Gasteiger partial charge in [0.15, 0.2) is 0 Å². The molecule has 1 N–H and O–H groups in total. The highest BCUT2D eigenvalue weighted by Crippen LogP contribution is 2.35. The lowest BCUT2D eigenvalue weighted by Crippen LogP contribution is -2.15. The Morgan fingerprint density at radius 2 is 2.06 bits per heavy atom. The lowest BCUT2D eigenvalue weighted by Gasteiger charge is -2.16. The number of hydrogen-bond acceptors (Lipinski definition) is 2. The number of fused-ring (bicyclic) bond motifs is 1. The van der Waals surface area contributed by atoms with Crippen LogP contribution in [0.4, 0.5) is 13.2 Å². The van der Waals surface area contributed by atoms with Gasteiger partial charge in [-0.05, 0) is 23.3 Å². The minimum atomic E-state index is -4.37. The molecule has 0 aromatic heterocycles. The van der Waals surface area contributed by atoms with Gasteiger partial charge in [0.1, 0.15) is 0 Å². The van der Waals surface area contributed by atoms with Crippen molar-refractivity contribution >= 4 is 15.9 Å². The van der Waals surface area contributed by atoms with E-state index in [0.717, 1.165) is 12.1 Å². The van der Waals surface area contributed by atoms with Gasteiger partial charge in [0, 0.05) is 0 Å². The van der Waals surface area contributed by atoms with Crippen molar-refractivity contribution in [3.05, 3.63) is 34.9 Å². The van der Waals surface area contributed by atoms with Gasteiger partial charge in [0.05, 0.1) is 29.7 Å². The smallest absolute Gasteiger partial charge is 0.387 e. The number of aliphatic hydroxyl groups is 1. The Labute approximate surface area is 105 Å². The Kier molecular flexibility index (Phi) is 3.47. The van der Waals surface area contributed by atoms with Crippen LogP contribution in [0, 0.1) is 0 Å². The second-order valence-corrected chi connectivity index (χ2v) is 5.06. The molecule has 17 heavy (non-hydrogen) atoms. The first kappa shape index (κ1) is 12.9. The Morgan fingerprint density at radius 3 is 2.71 bits per heavy atom. The number of aliphatic hydroxyl groups excluding tert-OH is 1. The van der Waals surface area contributed by atoms with Crippen LogP contribution in [0.1, 0.15) is 22.8 Å². The van der Waals surface area contributed by atoms with E-state index < -0.39 is 17.8 Å². The first-order chi connectivity index (χ1) is 7.89. The molecular weight excluding hydrogens is 301 g/mol. The maximum absolute atomic E-state index is 12.5. The molecule has 0 amide bonds. The fraction of sp³-hybridized carbons (Fsp3) is 0.455. The van der Waals surface area contributed by atoms with Crippen molar-refractivity contribution in [3.8, 4) is 0 Å². The normalized spacial score (nSPS) is 25.2. The number of ether oxygens (including phenoxy) is 1. The van der Waals surface area contributed by atoms with E-state index in [1.807, 2.05) is 0 Å². The molecule has 1 aliphatic rings. The summed E-state index contributed by atoms with van der Waals surface area (Å²) in [7, 11) is 0. The molecule has 2 rings (SSSR count). The van der Waals surface area contributed by atoms with E-state index in [2.05, 4.69) is 15.9 Å². The van der Waals surface area contributed by atoms with Gasteiger partial charge in [-0.1, -0.05) is 22.0 Å². The molecule has 0 saturated carbocycles. The van der Waals surface area contributed by atoms with E-state index in [1.165, 1.54) is 6.07 Å². The number of rotatable bonds is 0. The molecule has 1 aromatic carbocycles. The monoisotopic (exact) mass is 310 g/mol. The molecule has 2 nitrogen and oxygen atoms in total. The Hall–Kier alpha value is -0.590. The lowest BCUT2D eigenvalue weighted by atomic mass is 9.99. The van der Waals surface area contributed by atoms with Gasteiger partial charge in [-0.2, -0.15) is 13.2 Å². The zero-order chi connectivity index (χ0) is 12.6. The molecule has 6 heteroatoms. The summed E-state index contributed by atoms with van der Waals surface area (Å²) in [5.41, 5.74) is 0.145. The fourth-order valence-electron chi connectivity index (χ4n) is 1.76. The molecule has 0 aliphatic carbocycles. The van der Waals surface area contributed by atoms with Gasteiger partial charge in [-0.15, -0.1) is 0 Å². The van der Waals surface area contributed by atoms with Crippen LogP contribution in [0.5, 0.6) is 0 Å². The summed E-state index contributed by atoms with van der Waals surface area (Å²) in [4.78, 5) is -0.305. The molecule has 2 atom stereocenters. The number of halogens is 4.